The molecule has 0 saturated carbocycles. The molecular weight excluding hydrogens is 761 g/mol. The number of aliphatic hydroxyl groups excluding tert-OH is 1. The van der Waals surface area contributed by atoms with Crippen LogP contribution in [0.4, 0.5) is 0 Å². The van der Waals surface area contributed by atoms with Gasteiger partial charge in [0.2, 0.25) is 0 Å². The van der Waals surface area contributed by atoms with Crippen LogP contribution in [0.15, 0.2) is 107 Å². The zero-order valence-electron chi connectivity index (χ0n) is 22.9. The summed E-state index contributed by atoms with van der Waals surface area (Å²) in [7, 11) is 0. The number of hydrogen-bond acceptors (Lipinski definition) is 6. The number of benzene rings is 4. The van der Waals surface area contributed by atoms with E-state index in [2.05, 4.69) is 9.98 Å². The van der Waals surface area contributed by atoms with Gasteiger partial charge in [-0.1, -0.05) is 103 Å². The molecule has 0 heterocycles. The van der Waals surface area contributed by atoms with Crippen LogP contribution in [0.25, 0.3) is 0 Å². The molecule has 2 aliphatic rings. The molecule has 227 valence electrons. The molecule has 0 aliphatic heterocycles. The van der Waals surface area contributed by atoms with Gasteiger partial charge in [0.15, 0.2) is 0 Å². The molecule has 0 aromatic heterocycles. The molecule has 0 unspecified atom stereocenters. The molecule has 4 aromatic rings. The summed E-state index contributed by atoms with van der Waals surface area (Å²) in [5.74, 6) is -0.119. The van der Waals surface area contributed by atoms with Crippen LogP contribution in [-0.4, -0.2) is 35.1 Å². The SMILES string of the molecule is ClCCl.[O-2].[O-]c1ccccc1C=N[C@@H]1c2ccccc2C[C@@H]1O.[O-]c1ccccc1C=N[C@@H]1c2ccccc2C[C@@H]1[O-].[Re]. The second kappa shape index (κ2) is 17.9. The van der Waals surface area contributed by atoms with Crippen LogP contribution in [0.3, 0.4) is 0 Å². The maximum absolute atomic E-state index is 12.0. The van der Waals surface area contributed by atoms with E-state index in [9.17, 15) is 20.4 Å². The first-order chi connectivity index (χ1) is 19.9. The minimum Gasteiger partial charge on any atom is -2.00 e. The summed E-state index contributed by atoms with van der Waals surface area (Å²) in [6.45, 7) is 0. The fourth-order valence-corrected chi connectivity index (χ4v) is 4.94. The average molecular weight is 791 g/mol. The Balaban J connectivity index is 0.000000264. The topological polar surface area (TPSA) is 143 Å². The summed E-state index contributed by atoms with van der Waals surface area (Å²) in [6.07, 6.45) is 2.96. The fraction of sp³-hybridized carbons (Fsp3) is 0.212. The van der Waals surface area contributed by atoms with Crippen molar-refractivity contribution >= 4 is 35.6 Å². The first-order valence-corrected chi connectivity index (χ1v) is 14.2. The van der Waals surface area contributed by atoms with E-state index in [-0.39, 0.29) is 54.8 Å². The van der Waals surface area contributed by atoms with E-state index in [1.54, 1.807) is 36.5 Å². The van der Waals surface area contributed by atoms with Crippen molar-refractivity contribution in [2.24, 2.45) is 9.98 Å². The van der Waals surface area contributed by atoms with E-state index in [1.165, 1.54) is 18.3 Å². The van der Waals surface area contributed by atoms with Gasteiger partial charge in [-0.15, -0.1) is 34.7 Å². The number of aliphatic imine (C=N–C) groups is 2. The Morgan fingerprint density at radius 3 is 1.58 bits per heavy atom. The maximum atomic E-state index is 12.0. The van der Waals surface area contributed by atoms with E-state index < -0.39 is 12.2 Å². The van der Waals surface area contributed by atoms with Gasteiger partial charge < -0.3 is 25.9 Å². The minimum absolute atomic E-state index is 0. The van der Waals surface area contributed by atoms with Crippen molar-refractivity contribution in [3.8, 4) is 11.5 Å². The van der Waals surface area contributed by atoms with Crippen LogP contribution in [0.5, 0.6) is 11.5 Å². The largest absolute Gasteiger partial charge is 2.00 e. The minimum atomic E-state index is -0.757. The van der Waals surface area contributed by atoms with Crippen molar-refractivity contribution < 1.29 is 46.3 Å². The number of rotatable bonds is 4. The monoisotopic (exact) mass is 790 g/mol. The van der Waals surface area contributed by atoms with Crippen LogP contribution < -0.4 is 15.3 Å². The predicted octanol–water partition coefficient (Wildman–Crippen LogP) is 4.34. The van der Waals surface area contributed by atoms with Crippen molar-refractivity contribution in [1.82, 2.24) is 0 Å². The molecule has 0 spiro atoms. The van der Waals surface area contributed by atoms with Crippen molar-refractivity contribution in [2.75, 3.05) is 5.34 Å². The van der Waals surface area contributed by atoms with Gasteiger partial charge in [-0.2, -0.15) is 0 Å². The Morgan fingerprint density at radius 1 is 0.674 bits per heavy atom. The summed E-state index contributed by atoms with van der Waals surface area (Å²) in [4.78, 5) is 8.74. The van der Waals surface area contributed by atoms with Gasteiger partial charge in [0.05, 0.1) is 17.5 Å². The standard InChI is InChI=1S/C16H15NO2.C16H14NO2.CH2Cl2.O.Re/c2*18-14-8-4-2-6-12(14)10-17-16-13-7-3-1-5-11(13)9-15(16)19;2-1-3;;/h1-8,10,15-16,18-19H,9H2;1-8,10,15-16,18H,9H2;1H2;;/q;-1;;-2;/p-2/t2*15-,16+;;;/m00.../s1. The Labute approximate surface area is 275 Å². The molecule has 10 heteroatoms. The number of hydrogen-bond donors (Lipinski definition) is 1. The molecule has 7 nitrogen and oxygen atoms in total. The summed E-state index contributed by atoms with van der Waals surface area (Å²) < 4.78 is 0. The Bertz CT molecular complexity index is 1390. The average Bonchev–Trinajstić information content (AvgIpc) is 3.47. The Hall–Kier alpha value is -3.06. The van der Waals surface area contributed by atoms with Crippen molar-refractivity contribution in [1.29, 1.82) is 0 Å². The number of fused-ring (bicyclic) bond motifs is 2. The van der Waals surface area contributed by atoms with Crippen molar-refractivity contribution in [2.45, 2.75) is 37.1 Å². The normalized spacial score (nSPS) is 19.6. The molecular formula is C33H29Cl2N2O5Re-5. The molecule has 0 fully saturated rings. The van der Waals surface area contributed by atoms with Crippen LogP contribution >= 0.6 is 23.2 Å². The van der Waals surface area contributed by atoms with E-state index in [0.29, 0.717) is 24.0 Å². The van der Waals surface area contributed by atoms with E-state index in [0.717, 1.165) is 22.3 Å². The Kier molecular flexibility index (Phi) is 15.1. The van der Waals surface area contributed by atoms with Gasteiger partial charge in [-0.25, -0.2) is 0 Å². The zero-order chi connectivity index (χ0) is 29.2. The van der Waals surface area contributed by atoms with Crippen molar-refractivity contribution in [3.63, 3.8) is 0 Å². The first-order valence-electron chi connectivity index (χ1n) is 13.1. The third-order valence-corrected chi connectivity index (χ3v) is 6.90. The van der Waals surface area contributed by atoms with Gasteiger partial charge in [0.25, 0.3) is 0 Å². The molecule has 43 heavy (non-hydrogen) atoms. The molecule has 0 saturated heterocycles. The predicted molar refractivity (Wildman–Crippen MR) is 160 cm³/mol. The second-order valence-electron chi connectivity index (χ2n) is 9.53. The van der Waals surface area contributed by atoms with Crippen LogP contribution in [0, 0.1) is 0 Å². The third-order valence-electron chi connectivity index (χ3n) is 6.90. The molecule has 1 N–H and O–H groups in total. The summed E-state index contributed by atoms with van der Waals surface area (Å²) in [5, 5.41) is 45.5. The van der Waals surface area contributed by atoms with Gasteiger partial charge in [0.1, 0.15) is 6.04 Å². The fourth-order valence-electron chi connectivity index (χ4n) is 4.94. The first kappa shape index (κ1) is 36.1. The smallest absolute Gasteiger partial charge is 0.101 e. The quantitative estimate of drug-likeness (QED) is 0.243. The second-order valence-corrected chi connectivity index (χ2v) is 10.3. The van der Waals surface area contributed by atoms with Crippen LogP contribution in [0.1, 0.15) is 45.5 Å². The number of nitrogens with zero attached hydrogens (tertiary/aromatic N) is 2. The molecule has 1 radical (unpaired) electrons. The maximum Gasteiger partial charge on any atom is 0.101 e. The zero-order valence-corrected chi connectivity index (χ0v) is 27.2. The number of aliphatic hydroxyl groups is 1. The third kappa shape index (κ3) is 9.46. The molecule has 4 atom stereocenters. The molecule has 6 rings (SSSR count). The van der Waals surface area contributed by atoms with Gasteiger partial charge >= 0.3 is 0 Å². The summed E-state index contributed by atoms with van der Waals surface area (Å²) in [5.41, 5.74) is 5.32. The number of alkyl halides is 2. The van der Waals surface area contributed by atoms with Gasteiger partial charge in [-0.05, 0) is 39.8 Å². The van der Waals surface area contributed by atoms with E-state index in [1.807, 2.05) is 54.6 Å². The number of halogens is 2. The summed E-state index contributed by atoms with van der Waals surface area (Å²) in [6, 6.07) is 28.5. The van der Waals surface area contributed by atoms with Gasteiger partial charge in [0, 0.05) is 39.3 Å². The summed E-state index contributed by atoms with van der Waals surface area (Å²) >= 11 is 9.53. The van der Waals surface area contributed by atoms with Crippen LogP contribution in [0.2, 0.25) is 0 Å². The Morgan fingerprint density at radius 2 is 1.07 bits per heavy atom. The molecule has 0 amide bonds. The molecule has 0 bridgehead atoms. The molecule has 4 aromatic carbocycles. The molecule has 2 aliphatic carbocycles. The van der Waals surface area contributed by atoms with Crippen LogP contribution in [-0.2, 0) is 38.7 Å². The van der Waals surface area contributed by atoms with Gasteiger partial charge in [-0.3, -0.25) is 9.98 Å². The number of para-hydroxylation sites is 2. The van der Waals surface area contributed by atoms with E-state index in [4.69, 9.17) is 23.2 Å². The van der Waals surface area contributed by atoms with E-state index >= 15 is 0 Å². The van der Waals surface area contributed by atoms with Crippen molar-refractivity contribution in [3.05, 3.63) is 130 Å².